The number of pyridine rings is 1. The van der Waals surface area contributed by atoms with Crippen molar-refractivity contribution in [2.45, 2.75) is 4.90 Å². The number of phenolic OH excluding ortho intramolecular Hbond substituents is 1. The van der Waals surface area contributed by atoms with Crippen molar-refractivity contribution < 1.29 is 19.7 Å². The highest BCUT2D eigenvalue weighted by Gasteiger charge is 2.09. The third-order valence-electron chi connectivity index (χ3n) is 2.75. The van der Waals surface area contributed by atoms with E-state index in [1.807, 2.05) is 0 Å². The van der Waals surface area contributed by atoms with Gasteiger partial charge in [0.1, 0.15) is 17.0 Å². The number of fused-ring (bicyclic) bond motifs is 1. The molecule has 0 aliphatic carbocycles. The van der Waals surface area contributed by atoms with Gasteiger partial charge >= 0.3 is 0 Å². The lowest BCUT2D eigenvalue weighted by Gasteiger charge is -2.05. The molecule has 3 rings (SSSR count). The molecule has 0 saturated carbocycles. The molecule has 0 saturated heterocycles. The lowest BCUT2D eigenvalue weighted by atomic mass is 10.2. The standard InChI is InChI=1S/C13H9N5O4S/c19-11-2-1-10(17-18-12-7-14-3-4-15-12)13-9(11)5-8(6-16-13)23-22-21-20/h1-7,19-20H. The van der Waals surface area contributed by atoms with Gasteiger partial charge in [0.25, 0.3) is 0 Å². The van der Waals surface area contributed by atoms with Crippen LogP contribution in [0, 0.1) is 0 Å². The second-order valence-corrected chi connectivity index (χ2v) is 4.93. The summed E-state index contributed by atoms with van der Waals surface area (Å²) >= 11 is 0.742. The first-order valence-electron chi connectivity index (χ1n) is 6.22. The molecule has 3 aromatic rings. The maximum Gasteiger partial charge on any atom is 0.192 e. The summed E-state index contributed by atoms with van der Waals surface area (Å²) in [6.45, 7) is 0. The van der Waals surface area contributed by atoms with Crippen LogP contribution in [0.25, 0.3) is 10.9 Å². The Morgan fingerprint density at radius 2 is 2.00 bits per heavy atom. The maximum absolute atomic E-state index is 9.97. The van der Waals surface area contributed by atoms with E-state index in [-0.39, 0.29) is 5.75 Å². The van der Waals surface area contributed by atoms with Crippen molar-refractivity contribution in [3.63, 3.8) is 0 Å². The molecule has 0 unspecified atom stereocenters. The summed E-state index contributed by atoms with van der Waals surface area (Å²) in [6, 6.07) is 4.68. The van der Waals surface area contributed by atoms with E-state index < -0.39 is 0 Å². The van der Waals surface area contributed by atoms with Crippen molar-refractivity contribution in [2.24, 2.45) is 10.2 Å². The fraction of sp³-hybridized carbons (Fsp3) is 0. The number of hydrogen-bond donors (Lipinski definition) is 2. The summed E-state index contributed by atoms with van der Waals surface area (Å²) in [4.78, 5) is 12.6. The van der Waals surface area contributed by atoms with E-state index in [9.17, 15) is 5.11 Å². The van der Waals surface area contributed by atoms with Crippen LogP contribution in [0.1, 0.15) is 0 Å². The summed E-state index contributed by atoms with van der Waals surface area (Å²) in [5.74, 6) is 0.382. The summed E-state index contributed by atoms with van der Waals surface area (Å²) in [5, 5.41) is 30.2. The Bertz CT molecular complexity index is 846. The molecule has 2 heterocycles. The van der Waals surface area contributed by atoms with Crippen molar-refractivity contribution >= 4 is 34.5 Å². The summed E-state index contributed by atoms with van der Waals surface area (Å²) in [7, 11) is 0. The van der Waals surface area contributed by atoms with E-state index in [4.69, 9.17) is 5.26 Å². The molecule has 2 N–H and O–H groups in total. The van der Waals surface area contributed by atoms with Gasteiger partial charge in [0.15, 0.2) is 5.82 Å². The van der Waals surface area contributed by atoms with E-state index in [1.165, 1.54) is 30.9 Å². The smallest absolute Gasteiger partial charge is 0.192 e. The minimum absolute atomic E-state index is 0.0262. The van der Waals surface area contributed by atoms with Crippen LogP contribution in [-0.2, 0) is 9.37 Å². The van der Waals surface area contributed by atoms with Crippen molar-refractivity contribution in [1.82, 2.24) is 15.0 Å². The zero-order valence-electron chi connectivity index (χ0n) is 11.4. The quantitative estimate of drug-likeness (QED) is 0.315. The molecule has 116 valence electrons. The number of aromatic nitrogens is 3. The van der Waals surface area contributed by atoms with Crippen LogP contribution in [-0.4, -0.2) is 25.3 Å². The normalized spacial score (nSPS) is 11.3. The molecule has 1 aromatic carbocycles. The van der Waals surface area contributed by atoms with Gasteiger partial charge < -0.3 is 5.11 Å². The van der Waals surface area contributed by atoms with Crippen LogP contribution < -0.4 is 0 Å². The van der Waals surface area contributed by atoms with E-state index in [0.717, 1.165) is 12.0 Å². The van der Waals surface area contributed by atoms with Crippen LogP contribution in [0.4, 0.5) is 11.5 Å². The largest absolute Gasteiger partial charge is 0.507 e. The SMILES string of the molecule is OOOSc1cnc2c(N=Nc3cnccn3)ccc(O)c2c1. The first kappa shape index (κ1) is 15.2. The molecule has 2 aromatic heterocycles. The Balaban J connectivity index is 1.98. The predicted molar refractivity (Wildman–Crippen MR) is 80.3 cm³/mol. The highest BCUT2D eigenvalue weighted by molar-refractivity contribution is 7.94. The molecule has 10 heteroatoms. The molecule has 0 aliphatic rings. The van der Waals surface area contributed by atoms with Gasteiger partial charge in [-0.05, 0) is 18.2 Å². The lowest BCUT2D eigenvalue weighted by molar-refractivity contribution is -0.432. The molecule has 0 aliphatic heterocycles. The van der Waals surface area contributed by atoms with Gasteiger partial charge in [-0.25, -0.2) is 10.2 Å². The van der Waals surface area contributed by atoms with E-state index in [1.54, 1.807) is 12.1 Å². The zero-order valence-corrected chi connectivity index (χ0v) is 12.2. The monoisotopic (exact) mass is 331 g/mol. The van der Waals surface area contributed by atoms with Crippen LogP contribution in [0.5, 0.6) is 5.75 Å². The third-order valence-corrected chi connectivity index (χ3v) is 3.30. The molecular formula is C13H9N5O4S. The minimum atomic E-state index is 0.0262. The van der Waals surface area contributed by atoms with Gasteiger partial charge in [-0.3, -0.25) is 9.97 Å². The van der Waals surface area contributed by atoms with Crippen LogP contribution >= 0.6 is 12.0 Å². The number of phenols is 1. The molecule has 0 amide bonds. The topological polar surface area (TPSA) is 122 Å². The number of benzene rings is 1. The van der Waals surface area contributed by atoms with Gasteiger partial charge in [0.05, 0.1) is 23.1 Å². The van der Waals surface area contributed by atoms with Crippen molar-refractivity contribution in [3.8, 4) is 5.75 Å². The van der Waals surface area contributed by atoms with Gasteiger partial charge in [0.2, 0.25) is 0 Å². The molecular weight excluding hydrogens is 322 g/mol. The highest BCUT2D eigenvalue weighted by atomic mass is 32.2. The minimum Gasteiger partial charge on any atom is -0.507 e. The molecule has 0 fully saturated rings. The van der Waals surface area contributed by atoms with Gasteiger partial charge in [-0.2, -0.15) is 0 Å². The fourth-order valence-corrected chi connectivity index (χ4v) is 2.17. The average Bonchev–Trinajstić information content (AvgIpc) is 2.60. The Hall–Kier alpha value is -2.66. The van der Waals surface area contributed by atoms with Crippen LogP contribution in [0.15, 0.2) is 58.1 Å². The van der Waals surface area contributed by atoms with E-state index in [0.29, 0.717) is 27.3 Å². The molecule has 0 radical (unpaired) electrons. The summed E-state index contributed by atoms with van der Waals surface area (Å²) in [5.41, 5.74) is 0.909. The Morgan fingerprint density at radius 1 is 1.09 bits per heavy atom. The van der Waals surface area contributed by atoms with Crippen molar-refractivity contribution in [1.29, 1.82) is 0 Å². The summed E-state index contributed by atoms with van der Waals surface area (Å²) < 4.78 is 4.34. The maximum atomic E-state index is 9.97. The van der Waals surface area contributed by atoms with Gasteiger partial charge in [-0.1, -0.05) is 5.04 Å². The number of hydrogen-bond acceptors (Lipinski definition) is 10. The second-order valence-electron chi connectivity index (χ2n) is 4.16. The molecule has 0 bridgehead atoms. The number of azo groups is 1. The Morgan fingerprint density at radius 3 is 2.78 bits per heavy atom. The molecule has 9 nitrogen and oxygen atoms in total. The van der Waals surface area contributed by atoms with Crippen molar-refractivity contribution in [3.05, 3.63) is 43.0 Å². The van der Waals surface area contributed by atoms with Gasteiger partial charge in [-0.15, -0.1) is 14.6 Å². The average molecular weight is 331 g/mol. The van der Waals surface area contributed by atoms with Crippen LogP contribution in [0.2, 0.25) is 0 Å². The fourth-order valence-electron chi connectivity index (χ4n) is 1.80. The molecule has 23 heavy (non-hydrogen) atoms. The first-order chi connectivity index (χ1) is 11.3. The zero-order chi connectivity index (χ0) is 16.1. The van der Waals surface area contributed by atoms with Gasteiger partial charge in [0, 0.05) is 24.0 Å². The van der Waals surface area contributed by atoms with E-state index in [2.05, 4.69) is 34.6 Å². The predicted octanol–water partition coefficient (Wildman–Crippen LogP) is 3.57. The number of nitrogens with zero attached hydrogens (tertiary/aromatic N) is 5. The molecule has 0 spiro atoms. The first-order valence-corrected chi connectivity index (χ1v) is 6.96. The highest BCUT2D eigenvalue weighted by Crippen LogP contribution is 2.34. The number of rotatable bonds is 5. The lowest BCUT2D eigenvalue weighted by Crippen LogP contribution is -1.84. The van der Waals surface area contributed by atoms with Crippen LogP contribution in [0.3, 0.4) is 0 Å². The van der Waals surface area contributed by atoms with Crippen molar-refractivity contribution in [2.75, 3.05) is 0 Å². The third kappa shape index (κ3) is 3.57. The Kier molecular flexibility index (Phi) is 4.68. The molecule has 0 atom stereocenters. The second kappa shape index (κ2) is 7.07. The summed E-state index contributed by atoms with van der Waals surface area (Å²) in [6.07, 6.45) is 6.00. The van der Waals surface area contributed by atoms with E-state index >= 15 is 0 Å². The number of aromatic hydroxyl groups is 1. The Labute approximate surface area is 133 Å².